The van der Waals surface area contributed by atoms with E-state index in [0.717, 1.165) is 16.5 Å². The fraction of sp³-hybridized carbons (Fsp3) is 0.0526. The first-order chi connectivity index (χ1) is 13.2. The van der Waals surface area contributed by atoms with Gasteiger partial charge in [-0.05, 0) is 36.0 Å². The molecule has 4 aromatic rings. The van der Waals surface area contributed by atoms with Crippen molar-refractivity contribution in [3.05, 3.63) is 73.1 Å². The largest absolute Gasteiger partial charge is 0.368 e. The maximum absolute atomic E-state index is 5.99. The van der Waals surface area contributed by atoms with Gasteiger partial charge in [-0.1, -0.05) is 36.4 Å². The summed E-state index contributed by atoms with van der Waals surface area (Å²) in [5.74, 6) is 0.616. The minimum absolute atomic E-state index is 0.161. The fourth-order valence-corrected chi connectivity index (χ4v) is 3.32. The maximum atomic E-state index is 5.99. The highest BCUT2D eigenvalue weighted by atomic mass is 32.2. The van der Waals surface area contributed by atoms with Crippen LogP contribution in [0.25, 0.3) is 0 Å². The van der Waals surface area contributed by atoms with Gasteiger partial charge in [0.15, 0.2) is 5.16 Å². The van der Waals surface area contributed by atoms with Gasteiger partial charge in [-0.25, -0.2) is 4.98 Å². The normalized spacial score (nSPS) is 10.7. The molecule has 2 aromatic carbocycles. The van der Waals surface area contributed by atoms with Crippen LogP contribution in [0.15, 0.2) is 83.4 Å². The number of para-hydroxylation sites is 2. The van der Waals surface area contributed by atoms with Crippen molar-refractivity contribution >= 4 is 35.0 Å². The molecule has 0 amide bonds. The number of rotatable bonds is 5. The molecule has 0 aliphatic rings. The predicted molar refractivity (Wildman–Crippen MR) is 106 cm³/mol. The SMILES string of the molecule is Cn1ccnc1Sc1nc(N)nc(N(c2ccccc2)c2ccccc2)n1. The van der Waals surface area contributed by atoms with E-state index in [1.807, 2.05) is 83.4 Å². The predicted octanol–water partition coefficient (Wildman–Crippen LogP) is 3.81. The van der Waals surface area contributed by atoms with Crippen LogP contribution < -0.4 is 10.6 Å². The van der Waals surface area contributed by atoms with E-state index in [-0.39, 0.29) is 5.95 Å². The van der Waals surface area contributed by atoms with Gasteiger partial charge in [-0.3, -0.25) is 4.90 Å². The van der Waals surface area contributed by atoms with E-state index < -0.39 is 0 Å². The van der Waals surface area contributed by atoms with E-state index >= 15 is 0 Å². The van der Waals surface area contributed by atoms with Gasteiger partial charge in [-0.15, -0.1) is 0 Å². The molecule has 0 saturated heterocycles. The summed E-state index contributed by atoms with van der Waals surface area (Å²) in [6.45, 7) is 0. The number of nitrogens with two attached hydrogens (primary N) is 1. The molecule has 0 unspecified atom stereocenters. The van der Waals surface area contributed by atoms with Crippen molar-refractivity contribution in [1.29, 1.82) is 0 Å². The highest BCUT2D eigenvalue weighted by Gasteiger charge is 2.18. The molecule has 0 fully saturated rings. The lowest BCUT2D eigenvalue weighted by Crippen LogP contribution is -2.15. The van der Waals surface area contributed by atoms with Gasteiger partial charge in [0, 0.05) is 30.8 Å². The van der Waals surface area contributed by atoms with Crippen molar-refractivity contribution in [2.24, 2.45) is 7.05 Å². The number of nitrogen functional groups attached to an aromatic ring is 1. The van der Waals surface area contributed by atoms with E-state index in [1.54, 1.807) is 6.20 Å². The zero-order chi connectivity index (χ0) is 18.6. The molecule has 4 rings (SSSR count). The van der Waals surface area contributed by atoms with Crippen LogP contribution in [-0.2, 0) is 7.05 Å². The topological polar surface area (TPSA) is 85.8 Å². The quantitative estimate of drug-likeness (QED) is 0.567. The van der Waals surface area contributed by atoms with Crippen LogP contribution in [0.3, 0.4) is 0 Å². The summed E-state index contributed by atoms with van der Waals surface area (Å²) in [7, 11) is 1.92. The molecule has 8 heteroatoms. The summed E-state index contributed by atoms with van der Waals surface area (Å²) < 4.78 is 1.90. The summed E-state index contributed by atoms with van der Waals surface area (Å²) >= 11 is 1.34. The second-order valence-electron chi connectivity index (χ2n) is 5.71. The highest BCUT2D eigenvalue weighted by molar-refractivity contribution is 7.99. The van der Waals surface area contributed by atoms with Gasteiger partial charge in [0.1, 0.15) is 0 Å². The van der Waals surface area contributed by atoms with E-state index in [2.05, 4.69) is 19.9 Å². The van der Waals surface area contributed by atoms with Crippen LogP contribution in [0.1, 0.15) is 0 Å². The first-order valence-electron chi connectivity index (χ1n) is 8.27. The molecule has 0 bridgehead atoms. The highest BCUT2D eigenvalue weighted by Crippen LogP contribution is 2.33. The Morgan fingerprint density at radius 2 is 1.52 bits per heavy atom. The minimum atomic E-state index is 0.161. The average molecular weight is 375 g/mol. The van der Waals surface area contributed by atoms with Gasteiger partial charge >= 0.3 is 0 Å². The third-order valence-corrected chi connectivity index (χ3v) is 4.75. The van der Waals surface area contributed by atoms with Gasteiger partial charge < -0.3 is 10.3 Å². The van der Waals surface area contributed by atoms with Crippen molar-refractivity contribution in [3.63, 3.8) is 0 Å². The third-order valence-electron chi connectivity index (χ3n) is 3.81. The number of nitrogens with zero attached hydrogens (tertiary/aromatic N) is 6. The van der Waals surface area contributed by atoms with Crippen molar-refractivity contribution < 1.29 is 0 Å². The van der Waals surface area contributed by atoms with Gasteiger partial charge in [0.25, 0.3) is 0 Å². The number of anilines is 4. The van der Waals surface area contributed by atoms with E-state index in [1.165, 1.54) is 11.8 Å². The lowest BCUT2D eigenvalue weighted by Gasteiger charge is -2.23. The average Bonchev–Trinajstić information content (AvgIpc) is 3.08. The van der Waals surface area contributed by atoms with Gasteiger partial charge in [0.2, 0.25) is 17.1 Å². The van der Waals surface area contributed by atoms with E-state index in [9.17, 15) is 0 Å². The molecule has 2 N–H and O–H groups in total. The van der Waals surface area contributed by atoms with Crippen molar-refractivity contribution in [2.45, 2.75) is 10.3 Å². The maximum Gasteiger partial charge on any atom is 0.240 e. The zero-order valence-corrected chi connectivity index (χ0v) is 15.4. The molecule has 134 valence electrons. The monoisotopic (exact) mass is 375 g/mol. The molecular weight excluding hydrogens is 358 g/mol. The standard InChI is InChI=1S/C19H17N7S/c1-25-13-12-21-19(25)27-18-23-16(20)22-17(24-18)26(14-8-4-2-5-9-14)15-10-6-3-7-11-15/h2-13H,1H3,(H2,20,22,23,24). The molecule has 7 nitrogen and oxygen atoms in total. The Labute approximate surface area is 160 Å². The molecule has 27 heavy (non-hydrogen) atoms. The summed E-state index contributed by atoms with van der Waals surface area (Å²) in [4.78, 5) is 19.5. The van der Waals surface area contributed by atoms with E-state index in [0.29, 0.717) is 11.1 Å². The summed E-state index contributed by atoms with van der Waals surface area (Å²) in [5, 5.41) is 1.26. The second-order valence-corrected chi connectivity index (χ2v) is 6.64. The van der Waals surface area contributed by atoms with Crippen LogP contribution in [0.4, 0.5) is 23.3 Å². The van der Waals surface area contributed by atoms with Crippen LogP contribution in [0.2, 0.25) is 0 Å². The Kier molecular flexibility index (Phi) is 4.71. The fourth-order valence-electron chi connectivity index (χ4n) is 2.57. The Morgan fingerprint density at radius 1 is 0.889 bits per heavy atom. The Balaban J connectivity index is 1.79. The van der Waals surface area contributed by atoms with Crippen molar-refractivity contribution in [2.75, 3.05) is 10.6 Å². The van der Waals surface area contributed by atoms with Crippen LogP contribution in [0, 0.1) is 0 Å². The lowest BCUT2D eigenvalue weighted by molar-refractivity contribution is 0.784. The van der Waals surface area contributed by atoms with Crippen LogP contribution >= 0.6 is 11.8 Å². The second kappa shape index (κ2) is 7.46. The number of aryl methyl sites for hydroxylation is 1. The number of hydrogen-bond donors (Lipinski definition) is 1. The molecule has 2 heterocycles. The van der Waals surface area contributed by atoms with Crippen LogP contribution in [0.5, 0.6) is 0 Å². The first-order valence-corrected chi connectivity index (χ1v) is 9.09. The molecule has 0 aliphatic carbocycles. The molecular formula is C19H17N7S. The van der Waals surface area contributed by atoms with E-state index in [4.69, 9.17) is 5.73 Å². The van der Waals surface area contributed by atoms with Gasteiger partial charge in [-0.2, -0.15) is 15.0 Å². The zero-order valence-electron chi connectivity index (χ0n) is 14.6. The number of hydrogen-bond acceptors (Lipinski definition) is 7. The summed E-state index contributed by atoms with van der Waals surface area (Å²) in [6.07, 6.45) is 3.60. The smallest absolute Gasteiger partial charge is 0.240 e. The molecule has 0 radical (unpaired) electrons. The first kappa shape index (κ1) is 17.0. The Hall–Kier alpha value is -3.39. The van der Waals surface area contributed by atoms with Crippen LogP contribution in [-0.4, -0.2) is 24.5 Å². The minimum Gasteiger partial charge on any atom is -0.368 e. The Bertz CT molecular complexity index is 995. The molecule has 0 saturated carbocycles. The summed E-state index contributed by atoms with van der Waals surface area (Å²) in [5.41, 5.74) is 7.86. The summed E-state index contributed by atoms with van der Waals surface area (Å²) in [6, 6.07) is 19.8. The molecule has 0 aliphatic heterocycles. The van der Waals surface area contributed by atoms with Crippen molar-refractivity contribution in [1.82, 2.24) is 24.5 Å². The van der Waals surface area contributed by atoms with Gasteiger partial charge in [0.05, 0.1) is 0 Å². The Morgan fingerprint density at radius 3 is 2.07 bits per heavy atom. The lowest BCUT2D eigenvalue weighted by atomic mass is 10.2. The van der Waals surface area contributed by atoms with Crippen molar-refractivity contribution in [3.8, 4) is 0 Å². The number of aromatic nitrogens is 5. The number of imidazole rings is 1. The third kappa shape index (κ3) is 3.75. The molecule has 0 atom stereocenters. The molecule has 2 aromatic heterocycles. The molecule has 0 spiro atoms. The number of benzene rings is 2.